The van der Waals surface area contributed by atoms with Gasteiger partial charge in [0.05, 0.1) is 10.6 Å². The van der Waals surface area contributed by atoms with Gasteiger partial charge < -0.3 is 20.9 Å². The molecule has 0 bridgehead atoms. The number of ether oxygens (including phenoxy) is 2. The van der Waals surface area contributed by atoms with Crippen LogP contribution in [0.1, 0.15) is 11.1 Å². The Kier molecular flexibility index (Phi) is 4.02. The second kappa shape index (κ2) is 5.88. The standard InChI is InChI=1S/C16H18N2O5S/c1-9-2-5-14(24(19,20)21)10(6-9)7-11-8-22-13-4-3-12(17)15(18)16(13)23-11/h2-6,11H,7-8,17-18H2,1H3,(H,19,20,21)/t11-/m1/s1. The molecule has 2 aromatic carbocycles. The molecule has 8 heteroatoms. The minimum absolute atomic E-state index is 0.136. The molecule has 0 amide bonds. The van der Waals surface area contributed by atoms with E-state index in [4.69, 9.17) is 20.9 Å². The van der Waals surface area contributed by atoms with Gasteiger partial charge in [-0.05, 0) is 30.7 Å². The summed E-state index contributed by atoms with van der Waals surface area (Å²) in [6.45, 7) is 2.07. The first kappa shape index (κ1) is 16.4. The van der Waals surface area contributed by atoms with E-state index < -0.39 is 16.2 Å². The zero-order valence-electron chi connectivity index (χ0n) is 13.0. The summed E-state index contributed by atoms with van der Waals surface area (Å²) in [4.78, 5) is -0.136. The lowest BCUT2D eigenvalue weighted by molar-refractivity contribution is 0.0919. The van der Waals surface area contributed by atoms with Crippen molar-refractivity contribution in [2.24, 2.45) is 0 Å². The molecular weight excluding hydrogens is 332 g/mol. The monoisotopic (exact) mass is 350 g/mol. The number of nitrogen functional groups attached to an aromatic ring is 2. The zero-order valence-corrected chi connectivity index (χ0v) is 13.8. The molecule has 1 atom stereocenters. The van der Waals surface area contributed by atoms with E-state index in [1.54, 1.807) is 24.3 Å². The van der Waals surface area contributed by atoms with Gasteiger partial charge in [0.15, 0.2) is 11.5 Å². The van der Waals surface area contributed by atoms with Crippen LogP contribution in [0.3, 0.4) is 0 Å². The van der Waals surface area contributed by atoms with Crippen LogP contribution in [0.25, 0.3) is 0 Å². The van der Waals surface area contributed by atoms with Gasteiger partial charge in [0.1, 0.15) is 18.4 Å². The van der Waals surface area contributed by atoms with Gasteiger partial charge in [-0.15, -0.1) is 0 Å². The average molecular weight is 350 g/mol. The van der Waals surface area contributed by atoms with Crippen molar-refractivity contribution in [3.63, 3.8) is 0 Å². The molecule has 0 fully saturated rings. The molecule has 0 aromatic heterocycles. The fraction of sp³-hybridized carbons (Fsp3) is 0.250. The SMILES string of the molecule is Cc1ccc(S(=O)(=O)O)c(C[C@@H]2COc3ccc(N)c(N)c3O2)c1. The van der Waals surface area contributed by atoms with E-state index in [0.717, 1.165) is 5.56 Å². The number of nitrogens with two attached hydrogens (primary N) is 2. The molecule has 0 unspecified atom stereocenters. The van der Waals surface area contributed by atoms with E-state index in [2.05, 4.69) is 0 Å². The lowest BCUT2D eigenvalue weighted by atomic mass is 10.0. The molecule has 3 rings (SSSR count). The van der Waals surface area contributed by atoms with E-state index >= 15 is 0 Å². The summed E-state index contributed by atoms with van der Waals surface area (Å²) in [5.74, 6) is 0.851. The third-order valence-electron chi connectivity index (χ3n) is 3.84. The minimum Gasteiger partial charge on any atom is -0.486 e. The summed E-state index contributed by atoms with van der Waals surface area (Å²) < 4.78 is 44.0. The van der Waals surface area contributed by atoms with Crippen molar-refractivity contribution in [3.8, 4) is 11.5 Å². The van der Waals surface area contributed by atoms with Crippen LogP contribution in [-0.4, -0.2) is 25.7 Å². The van der Waals surface area contributed by atoms with Crippen molar-refractivity contribution >= 4 is 21.5 Å². The number of fused-ring (bicyclic) bond motifs is 1. The van der Waals surface area contributed by atoms with Gasteiger partial charge in [-0.3, -0.25) is 4.55 Å². The maximum absolute atomic E-state index is 11.6. The van der Waals surface area contributed by atoms with Gasteiger partial charge in [-0.2, -0.15) is 8.42 Å². The highest BCUT2D eigenvalue weighted by Crippen LogP contribution is 2.41. The van der Waals surface area contributed by atoms with Crippen molar-refractivity contribution in [3.05, 3.63) is 41.5 Å². The van der Waals surface area contributed by atoms with Crippen molar-refractivity contribution in [1.82, 2.24) is 0 Å². The first-order valence-electron chi connectivity index (χ1n) is 7.30. The molecule has 0 saturated heterocycles. The molecule has 0 saturated carbocycles. The molecule has 7 nitrogen and oxygen atoms in total. The van der Waals surface area contributed by atoms with Crippen molar-refractivity contribution in [2.45, 2.75) is 24.3 Å². The lowest BCUT2D eigenvalue weighted by Crippen LogP contribution is -2.32. The molecule has 1 heterocycles. The number of hydrogen-bond donors (Lipinski definition) is 3. The quantitative estimate of drug-likeness (QED) is 0.569. The Bertz CT molecular complexity index is 896. The summed E-state index contributed by atoms with van der Waals surface area (Å²) in [6.07, 6.45) is -0.214. The van der Waals surface area contributed by atoms with Gasteiger partial charge in [-0.25, -0.2) is 0 Å². The third kappa shape index (κ3) is 3.10. The minimum atomic E-state index is -4.32. The highest BCUT2D eigenvalue weighted by molar-refractivity contribution is 7.85. The average Bonchev–Trinajstić information content (AvgIpc) is 2.50. The second-order valence-electron chi connectivity index (χ2n) is 5.74. The number of benzene rings is 2. The zero-order chi connectivity index (χ0) is 17.5. The van der Waals surface area contributed by atoms with Crippen LogP contribution >= 0.6 is 0 Å². The Hall–Kier alpha value is -2.45. The van der Waals surface area contributed by atoms with Crippen LogP contribution in [0, 0.1) is 6.92 Å². The highest BCUT2D eigenvalue weighted by atomic mass is 32.2. The number of aryl methyl sites for hydroxylation is 1. The first-order chi connectivity index (χ1) is 11.3. The van der Waals surface area contributed by atoms with E-state index in [1.165, 1.54) is 6.07 Å². The second-order valence-corrected chi connectivity index (χ2v) is 7.13. The van der Waals surface area contributed by atoms with E-state index in [9.17, 15) is 13.0 Å². The maximum Gasteiger partial charge on any atom is 0.294 e. The molecule has 128 valence electrons. The Morgan fingerprint density at radius 2 is 2.00 bits per heavy atom. The Balaban J connectivity index is 1.91. The van der Waals surface area contributed by atoms with Gasteiger partial charge in [0, 0.05) is 6.42 Å². The number of hydrogen-bond acceptors (Lipinski definition) is 6. The van der Waals surface area contributed by atoms with Gasteiger partial charge in [-0.1, -0.05) is 17.7 Å². The fourth-order valence-corrected chi connectivity index (χ4v) is 3.39. The van der Waals surface area contributed by atoms with E-state index in [-0.39, 0.29) is 23.6 Å². The van der Waals surface area contributed by atoms with Gasteiger partial charge in [0.25, 0.3) is 10.1 Å². The van der Waals surface area contributed by atoms with Crippen LogP contribution in [-0.2, 0) is 16.5 Å². The van der Waals surface area contributed by atoms with Gasteiger partial charge in [0.2, 0.25) is 0 Å². The molecule has 1 aliphatic heterocycles. The smallest absolute Gasteiger partial charge is 0.294 e. The molecule has 2 aromatic rings. The van der Waals surface area contributed by atoms with Crippen molar-refractivity contribution in [2.75, 3.05) is 18.1 Å². The normalized spacial score (nSPS) is 16.8. The Morgan fingerprint density at radius 1 is 1.25 bits per heavy atom. The summed E-state index contributed by atoms with van der Waals surface area (Å²) in [5.41, 5.74) is 13.7. The Morgan fingerprint density at radius 3 is 2.71 bits per heavy atom. The predicted octanol–water partition coefficient (Wildman–Crippen LogP) is 1.79. The van der Waals surface area contributed by atoms with Crippen molar-refractivity contribution < 1.29 is 22.4 Å². The number of anilines is 2. The largest absolute Gasteiger partial charge is 0.486 e. The summed E-state index contributed by atoms with van der Waals surface area (Å²) in [7, 11) is -4.32. The van der Waals surface area contributed by atoms with Gasteiger partial charge >= 0.3 is 0 Å². The van der Waals surface area contributed by atoms with E-state index in [0.29, 0.717) is 22.7 Å². The summed E-state index contributed by atoms with van der Waals surface area (Å²) in [6, 6.07) is 8.01. The molecule has 1 aliphatic rings. The lowest BCUT2D eigenvalue weighted by Gasteiger charge is -2.28. The molecule has 5 N–H and O–H groups in total. The van der Waals surface area contributed by atoms with E-state index in [1.807, 2.05) is 6.92 Å². The van der Waals surface area contributed by atoms with Crippen LogP contribution in [0.4, 0.5) is 11.4 Å². The molecule has 0 radical (unpaired) electrons. The Labute approximate surface area is 139 Å². The highest BCUT2D eigenvalue weighted by Gasteiger charge is 2.26. The van der Waals surface area contributed by atoms with Crippen LogP contribution in [0.5, 0.6) is 11.5 Å². The summed E-state index contributed by atoms with van der Waals surface area (Å²) >= 11 is 0. The number of rotatable bonds is 3. The third-order valence-corrected chi connectivity index (χ3v) is 4.80. The molecule has 24 heavy (non-hydrogen) atoms. The van der Waals surface area contributed by atoms with Crippen LogP contribution in [0.2, 0.25) is 0 Å². The maximum atomic E-state index is 11.6. The fourth-order valence-electron chi connectivity index (χ4n) is 2.68. The predicted molar refractivity (Wildman–Crippen MR) is 89.9 cm³/mol. The topological polar surface area (TPSA) is 125 Å². The molecule has 0 aliphatic carbocycles. The molecule has 0 spiro atoms. The van der Waals surface area contributed by atoms with Crippen LogP contribution in [0.15, 0.2) is 35.2 Å². The first-order valence-corrected chi connectivity index (χ1v) is 8.74. The van der Waals surface area contributed by atoms with Crippen molar-refractivity contribution in [1.29, 1.82) is 0 Å². The summed E-state index contributed by atoms with van der Waals surface area (Å²) in [5, 5.41) is 0. The van der Waals surface area contributed by atoms with Crippen LogP contribution < -0.4 is 20.9 Å². The molecular formula is C16H18N2O5S.